The minimum Gasteiger partial charge on any atom is -0.491 e. The molecule has 8 aromatic rings. The van der Waals surface area contributed by atoms with Gasteiger partial charge in [-0.25, -0.2) is 0 Å². The largest absolute Gasteiger partial charge is 0.496 e. The first-order chi connectivity index (χ1) is 36.9. The highest BCUT2D eigenvalue weighted by Gasteiger charge is 2.52. The number of halogens is 1. The molecular formula is C56H62BClN10O8. The zero-order chi connectivity index (χ0) is 52.4. The summed E-state index contributed by atoms with van der Waals surface area (Å²) in [5.74, 6) is 1.43. The maximum Gasteiger partial charge on any atom is 0.496 e. The normalized spacial score (nSPS) is 18.3. The van der Waals surface area contributed by atoms with Crippen molar-refractivity contribution in [2.75, 3.05) is 92.0 Å². The standard InChI is InChI=1S/C25H25N5O3.C17H27BN2O4.C14H10ClN3O/c31-25-23-19-2-1-16-14-28-22(12-20(16)24(19)29-21(23)3-4-27-25)17-11-18(15-26-13-17)33-10-7-30-5-8-32-9-6-30;1-16(2)17(3,4)24-18(23-16)14-11-15(13-19-12-14)22-10-7-20-5-8-21-9-6-20;15-11-5-9-7(6-17-11)1-2-8-12-10(18-13(8)9)3-4-16-14(12)19/h1-2,11-15,29H,3-10H2,(H,27,31);11-13H,5-10H2,1-4H3;1-2,5-6,17H,3-4H2,(H,16,19). The topological polar surface area (TPSA) is 203 Å². The van der Waals surface area contributed by atoms with Crippen LogP contribution < -0.4 is 25.6 Å². The zero-order valence-corrected chi connectivity index (χ0v) is 44.1. The number of carbonyl (C=O) groups excluding carboxylic acids is 2. The van der Waals surface area contributed by atoms with Crippen LogP contribution in [0.2, 0.25) is 5.15 Å². The maximum absolute atomic E-state index is 12.4. The van der Waals surface area contributed by atoms with Crippen LogP contribution in [0.5, 0.6) is 11.5 Å². The summed E-state index contributed by atoms with van der Waals surface area (Å²) < 4.78 is 34.7. The molecule has 13 rings (SSSR count). The Kier molecular flexibility index (Phi) is 14.9. The third kappa shape index (κ3) is 11.0. The van der Waals surface area contributed by atoms with Gasteiger partial charge in [-0.05, 0) is 52.0 Å². The number of rotatable bonds is 10. The fraction of sp³-hybridized carbons (Fsp3) is 0.393. The van der Waals surface area contributed by atoms with Crippen molar-refractivity contribution in [1.29, 1.82) is 0 Å². The van der Waals surface area contributed by atoms with Gasteiger partial charge in [0.05, 0.1) is 83.6 Å². The quantitative estimate of drug-likeness (QED) is 0.0852. The average Bonchev–Trinajstić information content (AvgIpc) is 4.17. The molecule has 0 radical (unpaired) electrons. The van der Waals surface area contributed by atoms with Gasteiger partial charge >= 0.3 is 7.12 Å². The molecule has 76 heavy (non-hydrogen) atoms. The van der Waals surface area contributed by atoms with Crippen LogP contribution in [0.15, 0.2) is 85.7 Å². The van der Waals surface area contributed by atoms with E-state index in [0.29, 0.717) is 37.0 Å². The molecule has 2 amide bonds. The minimum atomic E-state index is -0.412. The Balaban J connectivity index is 0.000000127. The van der Waals surface area contributed by atoms with Crippen molar-refractivity contribution in [2.24, 2.45) is 0 Å². The van der Waals surface area contributed by atoms with Crippen LogP contribution in [0.4, 0.5) is 0 Å². The molecule has 20 heteroatoms. The monoisotopic (exact) mass is 1050 g/mol. The van der Waals surface area contributed by atoms with Gasteiger partial charge in [-0.15, -0.1) is 0 Å². The van der Waals surface area contributed by atoms with Crippen molar-refractivity contribution in [1.82, 2.24) is 50.3 Å². The van der Waals surface area contributed by atoms with Crippen molar-refractivity contribution in [2.45, 2.75) is 51.7 Å². The van der Waals surface area contributed by atoms with Crippen molar-refractivity contribution in [3.8, 4) is 22.8 Å². The molecule has 0 saturated carbocycles. The number of benzene rings is 2. The summed E-state index contributed by atoms with van der Waals surface area (Å²) >= 11 is 6.01. The van der Waals surface area contributed by atoms with Crippen LogP contribution in [0.1, 0.15) is 59.8 Å². The van der Waals surface area contributed by atoms with Gasteiger partial charge in [-0.2, -0.15) is 0 Å². The van der Waals surface area contributed by atoms with Gasteiger partial charge in [-0.1, -0.05) is 35.9 Å². The summed E-state index contributed by atoms with van der Waals surface area (Å²) in [7, 11) is -0.412. The molecule has 3 fully saturated rings. The molecule has 6 aromatic heterocycles. The van der Waals surface area contributed by atoms with E-state index in [4.69, 9.17) is 39.9 Å². The van der Waals surface area contributed by atoms with Gasteiger partial charge < -0.3 is 48.9 Å². The third-order valence-corrected chi connectivity index (χ3v) is 15.3. The summed E-state index contributed by atoms with van der Waals surface area (Å²) in [5, 5.41) is 12.3. The van der Waals surface area contributed by atoms with Gasteiger partial charge in [0, 0.05) is 139 Å². The Hall–Kier alpha value is -6.71. The second-order valence-electron chi connectivity index (χ2n) is 20.5. The Morgan fingerprint density at radius 1 is 0.684 bits per heavy atom. The molecule has 2 aromatic carbocycles. The van der Waals surface area contributed by atoms with Crippen LogP contribution in [-0.2, 0) is 31.6 Å². The van der Waals surface area contributed by atoms with E-state index in [-0.39, 0.29) is 23.0 Å². The highest BCUT2D eigenvalue weighted by Crippen LogP contribution is 2.37. The molecule has 4 N–H and O–H groups in total. The van der Waals surface area contributed by atoms with E-state index in [0.717, 1.165) is 167 Å². The van der Waals surface area contributed by atoms with Crippen molar-refractivity contribution < 1.29 is 37.8 Å². The van der Waals surface area contributed by atoms with E-state index in [1.807, 2.05) is 82.6 Å². The summed E-state index contributed by atoms with van der Waals surface area (Å²) in [6, 6.07) is 15.8. The van der Waals surface area contributed by atoms with Crippen molar-refractivity contribution >= 4 is 79.3 Å². The van der Waals surface area contributed by atoms with Gasteiger partial charge in [0.1, 0.15) is 29.9 Å². The van der Waals surface area contributed by atoms with Crippen LogP contribution >= 0.6 is 11.6 Å². The second kappa shape index (κ2) is 22.1. The number of pyridine rings is 4. The van der Waals surface area contributed by atoms with Gasteiger partial charge in [0.2, 0.25) is 0 Å². The fourth-order valence-corrected chi connectivity index (χ4v) is 10.3. The lowest BCUT2D eigenvalue weighted by Gasteiger charge is -2.32. The molecule has 5 aliphatic heterocycles. The molecule has 0 spiro atoms. The molecule has 3 saturated heterocycles. The lowest BCUT2D eigenvalue weighted by atomic mass is 9.80. The molecule has 0 bridgehead atoms. The fourth-order valence-electron chi connectivity index (χ4n) is 10.1. The molecule has 11 heterocycles. The number of H-pyrrole nitrogens is 2. The van der Waals surface area contributed by atoms with Crippen LogP contribution in [0, 0.1) is 0 Å². The molecule has 0 atom stereocenters. The number of carbonyl (C=O) groups is 2. The van der Waals surface area contributed by atoms with Crippen LogP contribution in [0.25, 0.3) is 54.6 Å². The minimum absolute atomic E-state index is 0.0118. The zero-order valence-electron chi connectivity index (χ0n) is 43.3. The highest BCUT2D eigenvalue weighted by atomic mass is 35.5. The molecular weight excluding hydrogens is 987 g/mol. The van der Waals surface area contributed by atoms with Crippen molar-refractivity contribution in [3.63, 3.8) is 0 Å². The maximum atomic E-state index is 12.4. The predicted molar refractivity (Wildman–Crippen MR) is 293 cm³/mol. The van der Waals surface area contributed by atoms with E-state index in [9.17, 15) is 9.59 Å². The second-order valence-corrected chi connectivity index (χ2v) is 20.9. The first-order valence-corrected chi connectivity index (χ1v) is 26.5. The Labute approximate surface area is 445 Å². The summed E-state index contributed by atoms with van der Waals surface area (Å²) in [6.07, 6.45) is 12.4. The van der Waals surface area contributed by atoms with Gasteiger partial charge in [0.25, 0.3) is 11.8 Å². The Bertz CT molecular complexity index is 3410. The number of fused-ring (bicyclic) bond motifs is 10. The van der Waals surface area contributed by atoms with Crippen LogP contribution in [0.3, 0.4) is 0 Å². The van der Waals surface area contributed by atoms with E-state index < -0.39 is 7.12 Å². The first-order valence-electron chi connectivity index (χ1n) is 26.1. The number of aromatic amines is 2. The van der Waals surface area contributed by atoms with Gasteiger partial charge in [-0.3, -0.25) is 39.3 Å². The molecule has 18 nitrogen and oxygen atoms in total. The predicted octanol–water partition coefficient (Wildman–Crippen LogP) is 6.52. The number of amides is 2. The number of morpholine rings is 2. The van der Waals surface area contributed by atoms with E-state index >= 15 is 0 Å². The summed E-state index contributed by atoms with van der Waals surface area (Å²) in [4.78, 5) is 53.5. The van der Waals surface area contributed by atoms with Crippen molar-refractivity contribution in [3.05, 3.63) is 113 Å². The van der Waals surface area contributed by atoms with E-state index in [1.54, 1.807) is 24.8 Å². The highest BCUT2D eigenvalue weighted by molar-refractivity contribution is 6.62. The number of nitrogens with zero attached hydrogens (tertiary/aromatic N) is 6. The van der Waals surface area contributed by atoms with E-state index in [1.165, 1.54) is 0 Å². The molecule has 0 aliphatic carbocycles. The number of ether oxygens (including phenoxy) is 4. The number of nitrogens with one attached hydrogen (secondary N) is 4. The van der Waals surface area contributed by atoms with E-state index in [2.05, 4.69) is 56.4 Å². The Morgan fingerprint density at radius 3 is 2.03 bits per heavy atom. The molecule has 5 aliphatic rings. The first kappa shape index (κ1) is 51.4. The number of aromatic nitrogens is 6. The SMILES string of the molecule is CC1(C)OB(c2cncc(OCCN3CCOCC3)c2)OC1(C)C.O=C1NCCc2[nH]c3c(ccc4cnc(-c5cncc(OCCN6CCOCC6)c5)cc43)c21.O=C1NCCc2nc3c(ccc4c[nH]c(Cl)cc43)c21. The average molecular weight is 1050 g/mol. The van der Waals surface area contributed by atoms with Gasteiger partial charge in [0.15, 0.2) is 0 Å². The number of hydrogen-bond acceptors (Lipinski definition) is 14. The summed E-state index contributed by atoms with van der Waals surface area (Å²) in [5.41, 5.74) is 7.07. The Morgan fingerprint density at radius 2 is 1.32 bits per heavy atom. The lowest BCUT2D eigenvalue weighted by Crippen LogP contribution is -2.41. The van der Waals surface area contributed by atoms with Crippen LogP contribution in [-0.4, -0.2) is 162 Å². The lowest BCUT2D eigenvalue weighted by molar-refractivity contribution is 0.00578. The number of hydrogen-bond donors (Lipinski definition) is 4. The third-order valence-electron chi connectivity index (χ3n) is 15.0. The smallest absolute Gasteiger partial charge is 0.491 e. The molecule has 0 unspecified atom stereocenters. The molecule has 394 valence electrons. The summed E-state index contributed by atoms with van der Waals surface area (Å²) in [6.45, 7) is 19.5.